The Morgan fingerprint density at radius 2 is 2.13 bits per heavy atom. The lowest BCUT2D eigenvalue weighted by molar-refractivity contribution is 0.0978. The van der Waals surface area contributed by atoms with Crippen molar-refractivity contribution in [3.8, 4) is 0 Å². The van der Waals surface area contributed by atoms with Crippen molar-refractivity contribution in [2.75, 3.05) is 0 Å². The second-order valence-corrected chi connectivity index (χ2v) is 4.00. The van der Waals surface area contributed by atoms with E-state index >= 15 is 0 Å². The largest absolute Gasteiger partial charge is 0.294 e. The van der Waals surface area contributed by atoms with Crippen LogP contribution in [0.1, 0.15) is 55.1 Å². The first-order valence-electron chi connectivity index (χ1n) is 5.68. The van der Waals surface area contributed by atoms with Gasteiger partial charge in [0, 0.05) is 19.2 Å². The number of hydrogen-bond acceptors (Lipinski definition) is 2. The number of rotatable bonds is 6. The number of carbonyl (C=O) groups is 1. The molecule has 0 bridgehead atoms. The van der Waals surface area contributed by atoms with Crippen LogP contribution in [0.2, 0.25) is 0 Å². The van der Waals surface area contributed by atoms with E-state index in [0.29, 0.717) is 6.42 Å². The van der Waals surface area contributed by atoms with Crippen molar-refractivity contribution in [1.29, 1.82) is 0 Å². The number of nitrogens with zero attached hydrogens (tertiary/aromatic N) is 2. The fraction of sp³-hybridized carbons (Fsp3) is 0.667. The van der Waals surface area contributed by atoms with Crippen molar-refractivity contribution < 1.29 is 4.79 Å². The lowest BCUT2D eigenvalue weighted by Gasteiger charge is -2.00. The fourth-order valence-corrected chi connectivity index (χ4v) is 1.62. The van der Waals surface area contributed by atoms with Crippen LogP contribution >= 0.6 is 0 Å². The molecule has 0 unspecified atom stereocenters. The lowest BCUT2D eigenvalue weighted by atomic mass is 10.1. The van der Waals surface area contributed by atoms with Crippen molar-refractivity contribution in [2.24, 2.45) is 7.05 Å². The zero-order chi connectivity index (χ0) is 11.3. The van der Waals surface area contributed by atoms with Crippen LogP contribution in [0.25, 0.3) is 0 Å². The minimum atomic E-state index is 0.233. The number of unbranched alkanes of at least 4 members (excludes halogenated alkanes) is 3. The van der Waals surface area contributed by atoms with Crippen molar-refractivity contribution in [1.82, 2.24) is 9.78 Å². The van der Waals surface area contributed by atoms with Crippen LogP contribution in [0.15, 0.2) is 6.20 Å². The molecule has 3 heteroatoms. The van der Waals surface area contributed by atoms with Crippen LogP contribution in [0, 0.1) is 6.92 Å². The highest BCUT2D eigenvalue weighted by Crippen LogP contribution is 2.12. The van der Waals surface area contributed by atoms with E-state index < -0.39 is 0 Å². The van der Waals surface area contributed by atoms with Crippen molar-refractivity contribution in [3.05, 3.63) is 17.5 Å². The van der Waals surface area contributed by atoms with Gasteiger partial charge in [-0.2, -0.15) is 5.10 Å². The van der Waals surface area contributed by atoms with Crippen molar-refractivity contribution >= 4 is 5.78 Å². The Hall–Kier alpha value is -1.12. The highest BCUT2D eigenvalue weighted by Gasteiger charge is 2.11. The third-order valence-electron chi connectivity index (χ3n) is 2.79. The second kappa shape index (κ2) is 5.69. The van der Waals surface area contributed by atoms with Crippen LogP contribution in [0.4, 0.5) is 0 Å². The summed E-state index contributed by atoms with van der Waals surface area (Å²) < 4.78 is 1.75. The molecule has 0 aromatic carbocycles. The molecule has 0 spiro atoms. The molecule has 1 heterocycles. The van der Waals surface area contributed by atoms with Crippen LogP contribution in [-0.2, 0) is 7.05 Å². The second-order valence-electron chi connectivity index (χ2n) is 4.00. The molecular formula is C12H20N2O. The molecule has 1 aromatic heterocycles. The maximum Gasteiger partial charge on any atom is 0.166 e. The minimum Gasteiger partial charge on any atom is -0.294 e. The SMILES string of the molecule is CCCCCCC(=O)c1cnn(C)c1C. The summed E-state index contributed by atoms with van der Waals surface area (Å²) in [6, 6.07) is 0. The van der Waals surface area contributed by atoms with Crippen molar-refractivity contribution in [3.63, 3.8) is 0 Å². The van der Waals surface area contributed by atoms with Crippen LogP contribution in [0.3, 0.4) is 0 Å². The molecule has 0 radical (unpaired) electrons. The number of aromatic nitrogens is 2. The van der Waals surface area contributed by atoms with Gasteiger partial charge in [0.1, 0.15) is 0 Å². The molecule has 0 aliphatic rings. The summed E-state index contributed by atoms with van der Waals surface area (Å²) in [6.07, 6.45) is 6.92. The molecule has 3 nitrogen and oxygen atoms in total. The molecule has 1 aromatic rings. The first-order chi connectivity index (χ1) is 7.16. The van der Waals surface area contributed by atoms with Crippen LogP contribution in [-0.4, -0.2) is 15.6 Å². The Bertz CT molecular complexity index is 328. The van der Waals surface area contributed by atoms with Gasteiger partial charge in [0.2, 0.25) is 0 Å². The molecule has 84 valence electrons. The third kappa shape index (κ3) is 3.18. The Morgan fingerprint density at radius 3 is 2.67 bits per heavy atom. The molecule has 0 saturated carbocycles. The average molecular weight is 208 g/mol. The van der Waals surface area contributed by atoms with Gasteiger partial charge in [-0.25, -0.2) is 0 Å². The Labute approximate surface area is 91.5 Å². The first-order valence-corrected chi connectivity index (χ1v) is 5.68. The maximum absolute atomic E-state index is 11.8. The molecule has 1 rings (SSSR count). The summed E-state index contributed by atoms with van der Waals surface area (Å²) >= 11 is 0. The molecule has 0 fully saturated rings. The van der Waals surface area contributed by atoms with Gasteiger partial charge < -0.3 is 0 Å². The summed E-state index contributed by atoms with van der Waals surface area (Å²) in [5, 5.41) is 4.08. The molecule has 0 aliphatic carbocycles. The molecule has 15 heavy (non-hydrogen) atoms. The Kier molecular flexibility index (Phi) is 4.53. The predicted molar refractivity (Wildman–Crippen MR) is 61.0 cm³/mol. The minimum absolute atomic E-state index is 0.233. The monoisotopic (exact) mass is 208 g/mol. The molecule has 0 atom stereocenters. The van der Waals surface area contributed by atoms with E-state index in [1.165, 1.54) is 12.8 Å². The van der Waals surface area contributed by atoms with E-state index in [1.807, 2.05) is 14.0 Å². The Balaban J connectivity index is 2.44. The van der Waals surface area contributed by atoms with Gasteiger partial charge in [-0.3, -0.25) is 9.48 Å². The zero-order valence-corrected chi connectivity index (χ0v) is 9.92. The van der Waals surface area contributed by atoms with E-state index in [4.69, 9.17) is 0 Å². The smallest absolute Gasteiger partial charge is 0.166 e. The van der Waals surface area contributed by atoms with E-state index in [0.717, 1.165) is 24.1 Å². The molecule has 0 saturated heterocycles. The molecule has 0 amide bonds. The topological polar surface area (TPSA) is 34.9 Å². The summed E-state index contributed by atoms with van der Waals surface area (Å²) in [4.78, 5) is 11.8. The number of carbonyl (C=O) groups excluding carboxylic acids is 1. The summed E-state index contributed by atoms with van der Waals surface area (Å²) in [6.45, 7) is 4.11. The zero-order valence-electron chi connectivity index (χ0n) is 9.92. The Morgan fingerprint density at radius 1 is 1.40 bits per heavy atom. The highest BCUT2D eigenvalue weighted by atomic mass is 16.1. The van der Waals surface area contributed by atoms with E-state index in [-0.39, 0.29) is 5.78 Å². The van der Waals surface area contributed by atoms with Gasteiger partial charge in [-0.15, -0.1) is 0 Å². The average Bonchev–Trinajstić information content (AvgIpc) is 2.55. The van der Waals surface area contributed by atoms with E-state index in [2.05, 4.69) is 12.0 Å². The number of Topliss-reactive ketones (excluding diaryl/α,β-unsaturated/α-hetero) is 1. The standard InChI is InChI=1S/C12H20N2O/c1-4-5-6-7-8-12(15)11-9-13-14(3)10(11)2/h9H,4-8H2,1-3H3. The van der Waals surface area contributed by atoms with Gasteiger partial charge in [0.05, 0.1) is 11.8 Å². The van der Waals surface area contributed by atoms with Crippen LogP contribution < -0.4 is 0 Å². The quantitative estimate of drug-likeness (QED) is 0.532. The molecular weight excluding hydrogens is 188 g/mol. The normalized spacial score (nSPS) is 10.6. The maximum atomic E-state index is 11.8. The fourth-order valence-electron chi connectivity index (χ4n) is 1.62. The van der Waals surface area contributed by atoms with Crippen molar-refractivity contribution in [2.45, 2.75) is 46.0 Å². The lowest BCUT2D eigenvalue weighted by Crippen LogP contribution is -2.01. The van der Waals surface area contributed by atoms with Gasteiger partial charge in [-0.1, -0.05) is 26.2 Å². The number of hydrogen-bond donors (Lipinski definition) is 0. The summed E-state index contributed by atoms with van der Waals surface area (Å²) in [5.41, 5.74) is 1.75. The molecule has 0 aliphatic heterocycles. The van der Waals surface area contributed by atoms with Gasteiger partial charge in [0.15, 0.2) is 5.78 Å². The van der Waals surface area contributed by atoms with Gasteiger partial charge >= 0.3 is 0 Å². The highest BCUT2D eigenvalue weighted by molar-refractivity contribution is 5.96. The molecule has 0 N–H and O–H groups in total. The van der Waals surface area contributed by atoms with Gasteiger partial charge in [-0.05, 0) is 13.3 Å². The predicted octanol–water partition coefficient (Wildman–Crippen LogP) is 2.88. The van der Waals surface area contributed by atoms with Crippen LogP contribution in [0.5, 0.6) is 0 Å². The van der Waals surface area contributed by atoms with Gasteiger partial charge in [0.25, 0.3) is 0 Å². The number of aryl methyl sites for hydroxylation is 1. The van der Waals surface area contributed by atoms with E-state index in [1.54, 1.807) is 10.9 Å². The van der Waals surface area contributed by atoms with E-state index in [9.17, 15) is 4.79 Å². The summed E-state index contributed by atoms with van der Waals surface area (Å²) in [7, 11) is 1.86. The number of ketones is 1. The summed E-state index contributed by atoms with van der Waals surface area (Å²) in [5.74, 6) is 0.233. The third-order valence-corrected chi connectivity index (χ3v) is 2.79. The first kappa shape index (κ1) is 12.0.